The highest BCUT2D eigenvalue weighted by molar-refractivity contribution is 5.12. The SMILES string of the molecule is CC(O)(CCN)c1ccc(F)cn1. The summed E-state index contributed by atoms with van der Waals surface area (Å²) >= 11 is 0. The summed E-state index contributed by atoms with van der Waals surface area (Å²) in [6, 6.07) is 2.73. The van der Waals surface area contributed by atoms with Crippen LogP contribution in [0.1, 0.15) is 19.0 Å². The van der Waals surface area contributed by atoms with Crippen molar-refractivity contribution >= 4 is 0 Å². The number of aliphatic hydroxyl groups is 1. The van der Waals surface area contributed by atoms with Gasteiger partial charge >= 0.3 is 0 Å². The highest BCUT2D eigenvalue weighted by Crippen LogP contribution is 2.21. The number of pyridine rings is 1. The van der Waals surface area contributed by atoms with Crippen molar-refractivity contribution in [3.63, 3.8) is 0 Å². The first-order valence-corrected chi connectivity index (χ1v) is 4.11. The molecule has 1 aromatic heterocycles. The Balaban J connectivity index is 2.87. The molecule has 0 radical (unpaired) electrons. The van der Waals surface area contributed by atoms with Gasteiger partial charge in [-0.15, -0.1) is 0 Å². The topological polar surface area (TPSA) is 59.1 Å². The quantitative estimate of drug-likeness (QED) is 0.729. The van der Waals surface area contributed by atoms with Gasteiger partial charge in [-0.05, 0) is 32.0 Å². The Labute approximate surface area is 76.4 Å². The van der Waals surface area contributed by atoms with E-state index in [1.54, 1.807) is 6.92 Å². The number of rotatable bonds is 3. The molecule has 4 heteroatoms. The van der Waals surface area contributed by atoms with Crippen LogP contribution in [0.25, 0.3) is 0 Å². The second-order valence-electron chi connectivity index (χ2n) is 3.17. The van der Waals surface area contributed by atoms with Gasteiger partial charge in [-0.25, -0.2) is 4.39 Å². The lowest BCUT2D eigenvalue weighted by Crippen LogP contribution is -2.26. The number of nitrogens with two attached hydrogens (primary N) is 1. The molecule has 3 nitrogen and oxygen atoms in total. The van der Waals surface area contributed by atoms with E-state index < -0.39 is 11.4 Å². The molecule has 1 heterocycles. The van der Waals surface area contributed by atoms with E-state index >= 15 is 0 Å². The molecule has 0 bridgehead atoms. The molecule has 1 unspecified atom stereocenters. The first kappa shape index (κ1) is 10.1. The molecule has 1 aromatic rings. The molecule has 3 N–H and O–H groups in total. The average Bonchev–Trinajstić information content (AvgIpc) is 2.05. The summed E-state index contributed by atoms with van der Waals surface area (Å²) in [6.07, 6.45) is 1.49. The van der Waals surface area contributed by atoms with Gasteiger partial charge in [0.2, 0.25) is 0 Å². The number of aromatic nitrogens is 1. The third-order valence-electron chi connectivity index (χ3n) is 1.91. The van der Waals surface area contributed by atoms with Crippen LogP contribution in [0.15, 0.2) is 18.3 Å². The van der Waals surface area contributed by atoms with Gasteiger partial charge < -0.3 is 10.8 Å². The normalized spacial score (nSPS) is 15.4. The van der Waals surface area contributed by atoms with Crippen molar-refractivity contribution in [2.24, 2.45) is 5.73 Å². The monoisotopic (exact) mass is 184 g/mol. The lowest BCUT2D eigenvalue weighted by molar-refractivity contribution is 0.0458. The van der Waals surface area contributed by atoms with Crippen molar-refractivity contribution < 1.29 is 9.50 Å². The maximum absolute atomic E-state index is 12.5. The number of hydrogen-bond donors (Lipinski definition) is 2. The zero-order valence-corrected chi connectivity index (χ0v) is 7.50. The lowest BCUT2D eigenvalue weighted by Gasteiger charge is -2.21. The Morgan fingerprint density at radius 3 is 2.77 bits per heavy atom. The van der Waals surface area contributed by atoms with E-state index in [9.17, 15) is 9.50 Å². The molecule has 1 atom stereocenters. The number of hydrogen-bond acceptors (Lipinski definition) is 3. The van der Waals surface area contributed by atoms with Crippen LogP contribution in [0, 0.1) is 5.82 Å². The highest BCUT2D eigenvalue weighted by Gasteiger charge is 2.23. The first-order chi connectivity index (χ1) is 6.06. The third-order valence-corrected chi connectivity index (χ3v) is 1.91. The second kappa shape index (κ2) is 3.81. The largest absolute Gasteiger partial charge is 0.384 e. The van der Waals surface area contributed by atoms with E-state index in [1.165, 1.54) is 12.1 Å². The van der Waals surface area contributed by atoms with Gasteiger partial charge in [-0.1, -0.05) is 0 Å². The van der Waals surface area contributed by atoms with Crippen LogP contribution in [0.5, 0.6) is 0 Å². The Bertz CT molecular complexity index is 271. The van der Waals surface area contributed by atoms with E-state index in [4.69, 9.17) is 5.73 Å². The van der Waals surface area contributed by atoms with Gasteiger partial charge in [0, 0.05) is 0 Å². The summed E-state index contributed by atoms with van der Waals surface area (Å²) in [4.78, 5) is 3.79. The van der Waals surface area contributed by atoms with Crippen molar-refractivity contribution in [3.8, 4) is 0 Å². The summed E-state index contributed by atoms with van der Waals surface area (Å²) in [7, 11) is 0. The first-order valence-electron chi connectivity index (χ1n) is 4.11. The van der Waals surface area contributed by atoms with Gasteiger partial charge in [-0.2, -0.15) is 0 Å². The third kappa shape index (κ3) is 2.47. The summed E-state index contributed by atoms with van der Waals surface area (Å²) < 4.78 is 12.5. The van der Waals surface area contributed by atoms with E-state index in [1.807, 2.05) is 0 Å². The summed E-state index contributed by atoms with van der Waals surface area (Å²) in [5.74, 6) is -0.410. The molecule has 0 aliphatic carbocycles. The highest BCUT2D eigenvalue weighted by atomic mass is 19.1. The Morgan fingerprint density at radius 2 is 2.31 bits per heavy atom. The summed E-state index contributed by atoms with van der Waals surface area (Å²) in [5, 5.41) is 9.81. The summed E-state index contributed by atoms with van der Waals surface area (Å²) in [6.45, 7) is 1.98. The Hall–Kier alpha value is -1.00. The van der Waals surface area contributed by atoms with Gasteiger partial charge in [-0.3, -0.25) is 4.98 Å². The Kier molecular flexibility index (Phi) is 2.95. The van der Waals surface area contributed by atoms with Crippen LogP contribution >= 0.6 is 0 Å². The minimum absolute atomic E-state index is 0.367. The van der Waals surface area contributed by atoms with Crippen molar-refractivity contribution in [1.29, 1.82) is 0 Å². The fourth-order valence-electron chi connectivity index (χ4n) is 1.10. The second-order valence-corrected chi connectivity index (χ2v) is 3.17. The minimum atomic E-state index is -1.07. The summed E-state index contributed by atoms with van der Waals surface area (Å²) in [5.41, 5.74) is 4.70. The molecule has 0 saturated heterocycles. The smallest absolute Gasteiger partial charge is 0.141 e. The lowest BCUT2D eigenvalue weighted by atomic mass is 9.98. The molecule has 72 valence electrons. The van der Waals surface area contributed by atoms with E-state index in [-0.39, 0.29) is 0 Å². The fourth-order valence-corrected chi connectivity index (χ4v) is 1.10. The standard InChI is InChI=1S/C9H13FN2O/c1-9(13,4-5-11)8-3-2-7(10)6-12-8/h2-3,6,13H,4-5,11H2,1H3. The fraction of sp³-hybridized carbons (Fsp3) is 0.444. The predicted octanol–water partition coefficient (Wildman–Crippen LogP) is 0.777. The molecular formula is C9H13FN2O. The maximum atomic E-state index is 12.5. The zero-order chi connectivity index (χ0) is 9.90. The molecule has 0 aliphatic rings. The molecular weight excluding hydrogens is 171 g/mol. The molecule has 1 rings (SSSR count). The van der Waals surface area contributed by atoms with E-state index in [0.29, 0.717) is 18.7 Å². The van der Waals surface area contributed by atoms with Crippen molar-refractivity contribution in [2.75, 3.05) is 6.54 Å². The van der Waals surface area contributed by atoms with E-state index in [0.717, 1.165) is 6.20 Å². The molecule has 0 saturated carbocycles. The zero-order valence-electron chi connectivity index (χ0n) is 7.50. The van der Waals surface area contributed by atoms with E-state index in [2.05, 4.69) is 4.98 Å². The van der Waals surface area contributed by atoms with Gasteiger partial charge in [0.25, 0.3) is 0 Å². The molecule has 0 aromatic carbocycles. The van der Waals surface area contributed by atoms with Gasteiger partial charge in [0.15, 0.2) is 0 Å². The predicted molar refractivity (Wildman–Crippen MR) is 47.4 cm³/mol. The molecule has 13 heavy (non-hydrogen) atoms. The van der Waals surface area contributed by atoms with Crippen LogP contribution in [0.3, 0.4) is 0 Å². The van der Waals surface area contributed by atoms with Crippen molar-refractivity contribution in [3.05, 3.63) is 29.8 Å². The van der Waals surface area contributed by atoms with Crippen LogP contribution in [-0.4, -0.2) is 16.6 Å². The van der Waals surface area contributed by atoms with Crippen molar-refractivity contribution in [1.82, 2.24) is 4.98 Å². The van der Waals surface area contributed by atoms with Crippen LogP contribution in [0.4, 0.5) is 4.39 Å². The number of nitrogens with zero attached hydrogens (tertiary/aromatic N) is 1. The minimum Gasteiger partial charge on any atom is -0.384 e. The Morgan fingerprint density at radius 1 is 1.62 bits per heavy atom. The molecule has 0 aliphatic heterocycles. The van der Waals surface area contributed by atoms with Gasteiger partial charge in [0.1, 0.15) is 11.4 Å². The molecule has 0 amide bonds. The van der Waals surface area contributed by atoms with Crippen molar-refractivity contribution in [2.45, 2.75) is 18.9 Å². The average molecular weight is 184 g/mol. The maximum Gasteiger partial charge on any atom is 0.141 e. The number of halogens is 1. The molecule has 0 spiro atoms. The van der Waals surface area contributed by atoms with Crippen LogP contribution in [0.2, 0.25) is 0 Å². The van der Waals surface area contributed by atoms with Crippen LogP contribution < -0.4 is 5.73 Å². The van der Waals surface area contributed by atoms with Gasteiger partial charge in [0.05, 0.1) is 11.9 Å². The molecule has 0 fully saturated rings. The van der Waals surface area contributed by atoms with Crippen LogP contribution in [-0.2, 0) is 5.60 Å².